The number of aromatic nitrogens is 2. The van der Waals surface area contributed by atoms with E-state index < -0.39 is 6.10 Å². The van der Waals surface area contributed by atoms with Crippen LogP contribution in [0.5, 0.6) is 11.6 Å². The van der Waals surface area contributed by atoms with E-state index in [1.807, 2.05) is 72.3 Å². The average molecular weight is 470 g/mol. The van der Waals surface area contributed by atoms with Crippen LogP contribution in [0.3, 0.4) is 0 Å². The minimum atomic E-state index is -0.449. The number of nitrogens with zero attached hydrogens (tertiary/aromatic N) is 3. The van der Waals surface area contributed by atoms with Crippen LogP contribution in [0.2, 0.25) is 0 Å². The number of aliphatic hydroxyl groups excluding tert-OH is 1. The third-order valence-electron chi connectivity index (χ3n) is 6.08. The summed E-state index contributed by atoms with van der Waals surface area (Å²) < 4.78 is 8.35. The van der Waals surface area contributed by atoms with E-state index in [1.165, 1.54) is 5.56 Å². The number of hydrogen-bond donors (Lipinski definition) is 1. The molecule has 0 radical (unpaired) electrons. The molecular formula is C30H35N3O2. The zero-order valence-electron chi connectivity index (χ0n) is 20.9. The van der Waals surface area contributed by atoms with Gasteiger partial charge in [-0.2, -0.15) is 5.10 Å². The lowest BCUT2D eigenvalue weighted by Crippen LogP contribution is -2.34. The van der Waals surface area contributed by atoms with Crippen molar-refractivity contribution >= 4 is 0 Å². The van der Waals surface area contributed by atoms with Crippen molar-refractivity contribution in [3.63, 3.8) is 0 Å². The molecule has 5 nitrogen and oxygen atoms in total. The molecule has 0 amide bonds. The second kappa shape index (κ2) is 11.8. The number of aliphatic hydroxyl groups is 1. The highest BCUT2D eigenvalue weighted by atomic mass is 16.5. The Morgan fingerprint density at radius 3 is 2.23 bits per heavy atom. The van der Waals surface area contributed by atoms with Crippen LogP contribution in [0.15, 0.2) is 84.9 Å². The van der Waals surface area contributed by atoms with Gasteiger partial charge < -0.3 is 9.84 Å². The SMILES string of the molecule is CCCN(Cc1c(C)nn(-c2ccccc2)c1Oc1ccc(C)cc1)C[C@H](O)Cc1ccccc1. The van der Waals surface area contributed by atoms with Gasteiger partial charge >= 0.3 is 0 Å². The van der Waals surface area contributed by atoms with Gasteiger partial charge in [0.1, 0.15) is 5.75 Å². The van der Waals surface area contributed by atoms with Gasteiger partial charge in [0.05, 0.1) is 23.0 Å². The third-order valence-corrected chi connectivity index (χ3v) is 6.08. The normalized spacial score (nSPS) is 12.1. The molecule has 0 spiro atoms. The van der Waals surface area contributed by atoms with E-state index in [9.17, 15) is 5.11 Å². The first kappa shape index (κ1) is 24.7. The highest BCUT2D eigenvalue weighted by Crippen LogP contribution is 2.32. The van der Waals surface area contributed by atoms with Crippen LogP contribution in [0.1, 0.15) is 35.7 Å². The van der Waals surface area contributed by atoms with Crippen LogP contribution in [0.4, 0.5) is 0 Å². The van der Waals surface area contributed by atoms with Crippen molar-refractivity contribution in [2.24, 2.45) is 0 Å². The zero-order chi connectivity index (χ0) is 24.6. The van der Waals surface area contributed by atoms with Gasteiger partial charge in [-0.15, -0.1) is 0 Å². The van der Waals surface area contributed by atoms with E-state index in [0.29, 0.717) is 19.5 Å². The summed E-state index contributed by atoms with van der Waals surface area (Å²) in [6.45, 7) is 8.38. The Labute approximate surface area is 208 Å². The van der Waals surface area contributed by atoms with Crippen molar-refractivity contribution in [3.8, 4) is 17.3 Å². The summed E-state index contributed by atoms with van der Waals surface area (Å²) in [6, 6.07) is 28.3. The maximum Gasteiger partial charge on any atom is 0.227 e. The largest absolute Gasteiger partial charge is 0.439 e. The molecule has 0 aliphatic rings. The second-order valence-corrected chi connectivity index (χ2v) is 9.11. The molecule has 35 heavy (non-hydrogen) atoms. The van der Waals surface area contributed by atoms with E-state index in [-0.39, 0.29) is 0 Å². The first-order chi connectivity index (χ1) is 17.0. The predicted molar refractivity (Wildman–Crippen MR) is 141 cm³/mol. The van der Waals surface area contributed by atoms with Crippen LogP contribution in [0.25, 0.3) is 5.69 Å². The topological polar surface area (TPSA) is 50.5 Å². The van der Waals surface area contributed by atoms with E-state index >= 15 is 0 Å². The maximum atomic E-state index is 10.9. The molecule has 3 aromatic carbocycles. The fourth-order valence-corrected chi connectivity index (χ4v) is 4.31. The lowest BCUT2D eigenvalue weighted by Gasteiger charge is -2.25. The van der Waals surface area contributed by atoms with Crippen molar-refractivity contribution in [1.29, 1.82) is 0 Å². The summed E-state index contributed by atoms with van der Waals surface area (Å²) in [4.78, 5) is 2.30. The van der Waals surface area contributed by atoms with Crippen molar-refractivity contribution in [2.75, 3.05) is 13.1 Å². The van der Waals surface area contributed by atoms with Gasteiger partial charge in [0, 0.05) is 13.1 Å². The fraction of sp³-hybridized carbons (Fsp3) is 0.300. The molecule has 1 atom stereocenters. The summed E-state index contributed by atoms with van der Waals surface area (Å²) in [7, 11) is 0. The van der Waals surface area contributed by atoms with Crippen LogP contribution >= 0.6 is 0 Å². The smallest absolute Gasteiger partial charge is 0.227 e. The molecule has 1 N–H and O–H groups in total. The van der Waals surface area contributed by atoms with Gasteiger partial charge in [0.2, 0.25) is 5.88 Å². The quantitative estimate of drug-likeness (QED) is 0.288. The Bertz CT molecular complexity index is 1190. The number of ether oxygens (including phenoxy) is 1. The number of benzene rings is 3. The first-order valence-electron chi connectivity index (χ1n) is 12.4. The highest BCUT2D eigenvalue weighted by molar-refractivity contribution is 5.43. The van der Waals surface area contributed by atoms with Gasteiger partial charge in [-0.3, -0.25) is 4.90 Å². The number of para-hydroxylation sites is 1. The van der Waals surface area contributed by atoms with Crippen molar-refractivity contribution in [2.45, 2.75) is 46.3 Å². The Kier molecular flexibility index (Phi) is 8.35. The molecule has 182 valence electrons. The molecule has 4 rings (SSSR count). The Morgan fingerprint density at radius 1 is 0.914 bits per heavy atom. The molecule has 1 aromatic heterocycles. The molecule has 4 aromatic rings. The Morgan fingerprint density at radius 2 is 1.57 bits per heavy atom. The van der Waals surface area contributed by atoms with Crippen LogP contribution in [-0.2, 0) is 13.0 Å². The van der Waals surface area contributed by atoms with Crippen LogP contribution in [0, 0.1) is 13.8 Å². The first-order valence-corrected chi connectivity index (χ1v) is 12.4. The van der Waals surface area contributed by atoms with Crippen LogP contribution in [-0.4, -0.2) is 39.0 Å². The molecule has 0 saturated heterocycles. The lowest BCUT2D eigenvalue weighted by molar-refractivity contribution is 0.108. The predicted octanol–water partition coefficient (Wildman–Crippen LogP) is 6.10. The molecule has 5 heteroatoms. The van der Waals surface area contributed by atoms with Gasteiger partial charge in [-0.1, -0.05) is 73.2 Å². The minimum absolute atomic E-state index is 0.449. The standard InChI is InChI=1S/C30H35N3O2/c1-4-19-32(21-27(34)20-25-11-7-5-8-12-25)22-29-24(3)31-33(26-13-9-6-10-14-26)30(29)35-28-17-15-23(2)16-18-28/h5-18,27,34H,4,19-22H2,1-3H3/t27-/m1/s1. The van der Waals surface area contributed by atoms with E-state index in [1.54, 1.807) is 0 Å². The van der Waals surface area contributed by atoms with E-state index in [0.717, 1.165) is 47.1 Å². The second-order valence-electron chi connectivity index (χ2n) is 9.11. The number of hydrogen-bond acceptors (Lipinski definition) is 4. The molecule has 0 fully saturated rings. The molecule has 0 unspecified atom stereocenters. The molecule has 0 aliphatic heterocycles. The fourth-order valence-electron chi connectivity index (χ4n) is 4.31. The van der Waals surface area contributed by atoms with E-state index in [4.69, 9.17) is 9.84 Å². The Hall–Kier alpha value is -3.41. The summed E-state index contributed by atoms with van der Waals surface area (Å²) in [5.74, 6) is 1.50. The molecule has 1 heterocycles. The van der Waals surface area contributed by atoms with Gasteiger partial charge in [0.15, 0.2) is 0 Å². The average Bonchev–Trinajstić information content (AvgIpc) is 3.16. The van der Waals surface area contributed by atoms with Crippen LogP contribution < -0.4 is 4.74 Å². The molecule has 0 bridgehead atoms. The number of aryl methyl sites for hydroxylation is 2. The minimum Gasteiger partial charge on any atom is -0.439 e. The van der Waals surface area contributed by atoms with Gasteiger partial charge in [-0.05, 0) is 63.1 Å². The van der Waals surface area contributed by atoms with Crippen molar-refractivity contribution < 1.29 is 9.84 Å². The van der Waals surface area contributed by atoms with Gasteiger partial charge in [0.25, 0.3) is 0 Å². The summed E-state index contributed by atoms with van der Waals surface area (Å²) in [5, 5.41) is 15.7. The molecular weight excluding hydrogens is 434 g/mol. The maximum absolute atomic E-state index is 10.9. The summed E-state index contributed by atoms with van der Waals surface area (Å²) in [5.41, 5.74) is 5.25. The van der Waals surface area contributed by atoms with Crippen molar-refractivity contribution in [3.05, 3.63) is 107 Å². The summed E-state index contributed by atoms with van der Waals surface area (Å²) >= 11 is 0. The van der Waals surface area contributed by atoms with Crippen molar-refractivity contribution in [1.82, 2.24) is 14.7 Å². The molecule has 0 aliphatic carbocycles. The zero-order valence-corrected chi connectivity index (χ0v) is 20.9. The monoisotopic (exact) mass is 469 g/mol. The Balaban J connectivity index is 1.62. The lowest BCUT2D eigenvalue weighted by atomic mass is 10.1. The third kappa shape index (κ3) is 6.59. The molecule has 0 saturated carbocycles. The van der Waals surface area contributed by atoms with Gasteiger partial charge in [-0.25, -0.2) is 4.68 Å². The highest BCUT2D eigenvalue weighted by Gasteiger charge is 2.22. The van der Waals surface area contributed by atoms with E-state index in [2.05, 4.69) is 43.0 Å². The number of rotatable bonds is 11. The summed E-state index contributed by atoms with van der Waals surface area (Å²) in [6.07, 6.45) is 1.18.